The van der Waals surface area contributed by atoms with E-state index >= 15 is 0 Å². The van der Waals surface area contributed by atoms with E-state index in [0.717, 1.165) is 0 Å². The van der Waals surface area contributed by atoms with Crippen LogP contribution in [0.25, 0.3) is 0 Å². The highest BCUT2D eigenvalue weighted by atomic mass is 16.7. The Morgan fingerprint density at radius 1 is 1.20 bits per heavy atom. The van der Waals surface area contributed by atoms with Crippen LogP contribution in [0.1, 0.15) is 47.0 Å². The van der Waals surface area contributed by atoms with E-state index in [2.05, 4.69) is 0 Å². The first-order valence-electron chi connectivity index (χ1n) is 7.40. The molecule has 20 heavy (non-hydrogen) atoms. The smallest absolute Gasteiger partial charge is 0.312 e. The third-order valence-corrected chi connectivity index (χ3v) is 6.47. The molecule has 2 aliphatic carbocycles. The second-order valence-corrected chi connectivity index (χ2v) is 8.07. The summed E-state index contributed by atoms with van der Waals surface area (Å²) >= 11 is 0. The van der Waals surface area contributed by atoms with E-state index in [0.29, 0.717) is 19.3 Å². The van der Waals surface area contributed by atoms with Gasteiger partial charge in [-0.25, -0.2) is 0 Å². The summed E-state index contributed by atoms with van der Waals surface area (Å²) in [7, 11) is 0. The lowest BCUT2D eigenvalue weighted by molar-refractivity contribution is -0.244. The maximum absolute atomic E-state index is 12.1. The van der Waals surface area contributed by atoms with Crippen molar-refractivity contribution in [2.45, 2.75) is 75.5 Å². The van der Waals surface area contributed by atoms with E-state index < -0.39 is 28.3 Å². The first-order valence-corrected chi connectivity index (χ1v) is 7.40. The highest BCUT2D eigenvalue weighted by Gasteiger charge is 2.94. The molecule has 4 aliphatic rings. The lowest BCUT2D eigenvalue weighted by Crippen LogP contribution is -2.71. The molecule has 112 valence electrons. The second-order valence-electron chi connectivity index (χ2n) is 8.07. The summed E-state index contributed by atoms with van der Waals surface area (Å²) in [5.41, 5.74) is -4.60. The molecule has 0 aromatic carbocycles. The minimum absolute atomic E-state index is 0.171. The normalized spacial score (nSPS) is 62.4. The average molecular weight is 282 g/mol. The zero-order chi connectivity index (χ0) is 14.8. The molecule has 5 heteroatoms. The number of esters is 1. The van der Waals surface area contributed by atoms with Crippen LogP contribution in [0.5, 0.6) is 0 Å². The molecule has 2 saturated carbocycles. The van der Waals surface area contributed by atoms with Crippen molar-refractivity contribution in [3.8, 4) is 0 Å². The van der Waals surface area contributed by atoms with Crippen molar-refractivity contribution < 1.29 is 24.5 Å². The summed E-state index contributed by atoms with van der Waals surface area (Å²) in [6.45, 7) is 7.56. The summed E-state index contributed by atoms with van der Waals surface area (Å²) in [6, 6.07) is 0. The van der Waals surface area contributed by atoms with Gasteiger partial charge in [0.2, 0.25) is 0 Å². The third kappa shape index (κ3) is 0.964. The minimum Gasteiger partial charge on any atom is -0.452 e. The molecule has 2 saturated heterocycles. The summed E-state index contributed by atoms with van der Waals surface area (Å²) in [5.74, 6) is -0.953. The van der Waals surface area contributed by atoms with Crippen molar-refractivity contribution in [3.05, 3.63) is 0 Å². The molecule has 0 radical (unpaired) electrons. The number of ether oxygens (including phenoxy) is 2. The monoisotopic (exact) mass is 282 g/mol. The number of carbonyl (C=O) groups excluding carboxylic acids is 1. The molecule has 2 aliphatic heterocycles. The lowest BCUT2D eigenvalue weighted by Gasteiger charge is -2.52. The zero-order valence-electron chi connectivity index (χ0n) is 12.4. The molecule has 0 aromatic rings. The van der Waals surface area contributed by atoms with Gasteiger partial charge in [0, 0.05) is 6.42 Å². The molecule has 2 heterocycles. The van der Waals surface area contributed by atoms with Gasteiger partial charge in [-0.1, -0.05) is 13.8 Å². The number of rotatable bonds is 0. The SMILES string of the molecule is C[C@H]1C(=O)O[C@]23CC(C)(C)[C@@H]4O[C@@]42[C@@](C)(O)CC[C@]13O. The molecule has 2 N–H and O–H groups in total. The number of hydrogen-bond donors (Lipinski definition) is 2. The van der Waals surface area contributed by atoms with Gasteiger partial charge in [-0.3, -0.25) is 4.79 Å². The first-order chi connectivity index (χ1) is 9.04. The van der Waals surface area contributed by atoms with Gasteiger partial charge in [-0.05, 0) is 32.1 Å². The van der Waals surface area contributed by atoms with Gasteiger partial charge in [-0.2, -0.15) is 0 Å². The maximum Gasteiger partial charge on any atom is 0.312 e. The Morgan fingerprint density at radius 3 is 2.45 bits per heavy atom. The van der Waals surface area contributed by atoms with Gasteiger partial charge in [0.1, 0.15) is 5.60 Å². The van der Waals surface area contributed by atoms with E-state index in [1.165, 1.54) is 0 Å². The Labute approximate surface area is 118 Å². The summed E-state index contributed by atoms with van der Waals surface area (Å²) in [5, 5.41) is 22.1. The Morgan fingerprint density at radius 2 is 1.85 bits per heavy atom. The first kappa shape index (κ1) is 13.0. The molecule has 5 nitrogen and oxygen atoms in total. The van der Waals surface area contributed by atoms with Crippen molar-refractivity contribution in [1.82, 2.24) is 0 Å². The van der Waals surface area contributed by atoms with Crippen molar-refractivity contribution in [2.75, 3.05) is 0 Å². The van der Waals surface area contributed by atoms with Crippen molar-refractivity contribution in [1.29, 1.82) is 0 Å². The molecule has 0 aromatic heterocycles. The Hall–Kier alpha value is -0.650. The van der Waals surface area contributed by atoms with Gasteiger partial charge < -0.3 is 19.7 Å². The molecule has 2 spiro atoms. The van der Waals surface area contributed by atoms with Crippen LogP contribution in [0.3, 0.4) is 0 Å². The van der Waals surface area contributed by atoms with Crippen LogP contribution in [0.4, 0.5) is 0 Å². The van der Waals surface area contributed by atoms with E-state index in [1.54, 1.807) is 13.8 Å². The molecule has 6 atom stereocenters. The van der Waals surface area contributed by atoms with Crippen molar-refractivity contribution in [3.63, 3.8) is 0 Å². The quantitative estimate of drug-likeness (QED) is 0.506. The fraction of sp³-hybridized carbons (Fsp3) is 0.933. The molecule has 4 fully saturated rings. The standard InChI is InChI=1S/C15H22O5/c1-8-9(16)19-14-7-11(2,3)10-15(14,20-10)12(4,17)5-6-13(8,14)18/h8,10,17-18H,5-7H2,1-4H3/t8-,10-,12-,13-,14-,15+/m0/s1. The number of epoxide rings is 1. The van der Waals surface area contributed by atoms with Crippen LogP contribution in [-0.4, -0.2) is 44.7 Å². The van der Waals surface area contributed by atoms with Gasteiger partial charge in [-0.15, -0.1) is 0 Å². The Bertz CT molecular complexity index is 526. The molecule has 0 bridgehead atoms. The second kappa shape index (κ2) is 2.94. The third-order valence-electron chi connectivity index (χ3n) is 6.47. The Balaban J connectivity index is 1.97. The van der Waals surface area contributed by atoms with Crippen LogP contribution in [-0.2, 0) is 14.3 Å². The number of hydrogen-bond acceptors (Lipinski definition) is 5. The number of aliphatic hydroxyl groups is 2. The van der Waals surface area contributed by atoms with E-state index in [4.69, 9.17) is 9.47 Å². The van der Waals surface area contributed by atoms with Gasteiger partial charge in [0.05, 0.1) is 17.6 Å². The largest absolute Gasteiger partial charge is 0.452 e. The topological polar surface area (TPSA) is 79.3 Å². The van der Waals surface area contributed by atoms with Gasteiger partial charge in [0.25, 0.3) is 0 Å². The lowest BCUT2D eigenvalue weighted by atomic mass is 9.58. The predicted molar refractivity (Wildman–Crippen MR) is 68.8 cm³/mol. The molecular weight excluding hydrogens is 260 g/mol. The Kier molecular flexibility index (Phi) is 1.92. The average Bonchev–Trinajstić information content (AvgIpc) is 3.02. The fourth-order valence-electron chi connectivity index (χ4n) is 5.40. The molecular formula is C15H22O5. The van der Waals surface area contributed by atoms with Crippen LogP contribution >= 0.6 is 0 Å². The summed E-state index contributed by atoms with van der Waals surface area (Å²) in [6.07, 6.45) is 1.14. The summed E-state index contributed by atoms with van der Waals surface area (Å²) in [4.78, 5) is 12.1. The van der Waals surface area contributed by atoms with Crippen LogP contribution in [0, 0.1) is 11.3 Å². The van der Waals surface area contributed by atoms with Gasteiger partial charge in [0.15, 0.2) is 11.2 Å². The predicted octanol–water partition coefficient (Wildman–Crippen LogP) is 0.761. The maximum atomic E-state index is 12.1. The molecule has 0 amide bonds. The zero-order valence-corrected chi connectivity index (χ0v) is 12.4. The number of carbonyl (C=O) groups is 1. The van der Waals surface area contributed by atoms with E-state index in [9.17, 15) is 15.0 Å². The highest BCUT2D eigenvalue weighted by molar-refractivity contribution is 5.79. The van der Waals surface area contributed by atoms with Crippen LogP contribution in [0.2, 0.25) is 0 Å². The molecule has 0 unspecified atom stereocenters. The van der Waals surface area contributed by atoms with Crippen molar-refractivity contribution in [2.24, 2.45) is 11.3 Å². The van der Waals surface area contributed by atoms with E-state index in [1.807, 2.05) is 13.8 Å². The van der Waals surface area contributed by atoms with Crippen LogP contribution in [0.15, 0.2) is 0 Å². The fourth-order valence-corrected chi connectivity index (χ4v) is 5.40. The van der Waals surface area contributed by atoms with Crippen molar-refractivity contribution >= 4 is 5.97 Å². The molecule has 4 rings (SSSR count). The van der Waals surface area contributed by atoms with Gasteiger partial charge >= 0.3 is 5.97 Å². The van der Waals surface area contributed by atoms with Crippen LogP contribution < -0.4 is 0 Å². The summed E-state index contributed by atoms with van der Waals surface area (Å²) < 4.78 is 11.7. The highest BCUT2D eigenvalue weighted by Crippen LogP contribution is 2.76. The van der Waals surface area contributed by atoms with E-state index in [-0.39, 0.29) is 17.5 Å². The minimum atomic E-state index is -1.24.